The molecule has 2 nitrogen and oxygen atoms in total. The van der Waals surface area contributed by atoms with Crippen LogP contribution in [0.2, 0.25) is 0 Å². The SMILES string of the molecule is CCCCCCCCCC(=O)NCC(CC)CCCC. The molecule has 2 heteroatoms. The van der Waals surface area contributed by atoms with E-state index in [1.54, 1.807) is 0 Å². The minimum Gasteiger partial charge on any atom is -0.356 e. The Kier molecular flexibility index (Phi) is 14.5. The fraction of sp³-hybridized carbons (Fsp3) is 0.944. The maximum Gasteiger partial charge on any atom is 0.220 e. The van der Waals surface area contributed by atoms with Crippen molar-refractivity contribution in [3.63, 3.8) is 0 Å². The van der Waals surface area contributed by atoms with E-state index in [0.717, 1.165) is 19.4 Å². The van der Waals surface area contributed by atoms with Gasteiger partial charge in [-0.05, 0) is 18.8 Å². The minimum absolute atomic E-state index is 0.258. The Morgan fingerprint density at radius 3 is 2.05 bits per heavy atom. The Morgan fingerprint density at radius 2 is 1.45 bits per heavy atom. The van der Waals surface area contributed by atoms with E-state index in [0.29, 0.717) is 5.92 Å². The van der Waals surface area contributed by atoms with E-state index in [1.165, 1.54) is 64.2 Å². The van der Waals surface area contributed by atoms with E-state index in [1.807, 2.05) is 0 Å². The average Bonchev–Trinajstić information content (AvgIpc) is 2.46. The lowest BCUT2D eigenvalue weighted by Gasteiger charge is -2.15. The summed E-state index contributed by atoms with van der Waals surface area (Å²) in [6, 6.07) is 0. The molecule has 1 N–H and O–H groups in total. The van der Waals surface area contributed by atoms with Crippen LogP contribution < -0.4 is 5.32 Å². The van der Waals surface area contributed by atoms with E-state index in [-0.39, 0.29) is 5.91 Å². The Morgan fingerprint density at radius 1 is 0.850 bits per heavy atom. The molecule has 0 aliphatic rings. The van der Waals surface area contributed by atoms with E-state index in [2.05, 4.69) is 26.1 Å². The molecular weight excluding hydrogens is 246 g/mol. The molecule has 1 atom stereocenters. The van der Waals surface area contributed by atoms with Crippen LogP contribution in [-0.2, 0) is 4.79 Å². The van der Waals surface area contributed by atoms with Crippen molar-refractivity contribution < 1.29 is 4.79 Å². The largest absolute Gasteiger partial charge is 0.356 e. The molecule has 0 radical (unpaired) electrons. The molecule has 0 spiro atoms. The maximum atomic E-state index is 11.8. The van der Waals surface area contributed by atoms with Crippen LogP contribution in [0.3, 0.4) is 0 Å². The number of hydrogen-bond acceptors (Lipinski definition) is 1. The van der Waals surface area contributed by atoms with Crippen LogP contribution in [0.4, 0.5) is 0 Å². The monoisotopic (exact) mass is 283 g/mol. The zero-order valence-corrected chi connectivity index (χ0v) is 14.2. The van der Waals surface area contributed by atoms with Gasteiger partial charge < -0.3 is 5.32 Å². The summed E-state index contributed by atoms with van der Waals surface area (Å²) in [5.41, 5.74) is 0. The Bertz CT molecular complexity index is 215. The first-order chi connectivity index (χ1) is 9.74. The second-order valence-electron chi connectivity index (χ2n) is 6.09. The number of amides is 1. The summed E-state index contributed by atoms with van der Waals surface area (Å²) in [6.07, 6.45) is 14.6. The Hall–Kier alpha value is -0.530. The summed E-state index contributed by atoms with van der Waals surface area (Å²) in [6.45, 7) is 7.58. The number of rotatable bonds is 14. The van der Waals surface area contributed by atoms with Gasteiger partial charge >= 0.3 is 0 Å². The first-order valence-corrected chi connectivity index (χ1v) is 9.01. The Labute approximate surface area is 127 Å². The third-order valence-electron chi connectivity index (χ3n) is 4.14. The smallest absolute Gasteiger partial charge is 0.220 e. The maximum absolute atomic E-state index is 11.8. The van der Waals surface area contributed by atoms with Gasteiger partial charge in [-0.15, -0.1) is 0 Å². The van der Waals surface area contributed by atoms with Gasteiger partial charge in [0.2, 0.25) is 5.91 Å². The standard InChI is InChI=1S/C18H37NO/c1-4-7-9-10-11-12-13-15-18(20)19-16-17(6-3)14-8-5-2/h17H,4-16H2,1-3H3,(H,19,20). The van der Waals surface area contributed by atoms with Gasteiger partial charge in [-0.25, -0.2) is 0 Å². The summed E-state index contributed by atoms with van der Waals surface area (Å²) in [5, 5.41) is 3.11. The first-order valence-electron chi connectivity index (χ1n) is 9.01. The van der Waals surface area contributed by atoms with Gasteiger partial charge in [-0.2, -0.15) is 0 Å². The molecule has 120 valence electrons. The predicted molar refractivity (Wildman–Crippen MR) is 88.9 cm³/mol. The highest BCUT2D eigenvalue weighted by Gasteiger charge is 2.07. The van der Waals surface area contributed by atoms with Crippen LogP contribution >= 0.6 is 0 Å². The van der Waals surface area contributed by atoms with Gasteiger partial charge in [-0.1, -0.05) is 78.6 Å². The quantitative estimate of drug-likeness (QED) is 0.421. The molecule has 0 aromatic rings. The fourth-order valence-corrected chi connectivity index (χ4v) is 2.53. The molecule has 0 rings (SSSR count). The van der Waals surface area contributed by atoms with Crippen LogP contribution in [0.1, 0.15) is 97.8 Å². The third-order valence-corrected chi connectivity index (χ3v) is 4.14. The third kappa shape index (κ3) is 12.5. The number of carbonyl (C=O) groups excluding carboxylic acids is 1. The van der Waals surface area contributed by atoms with Gasteiger partial charge in [0.25, 0.3) is 0 Å². The van der Waals surface area contributed by atoms with Gasteiger partial charge in [0, 0.05) is 13.0 Å². The summed E-state index contributed by atoms with van der Waals surface area (Å²) in [5.74, 6) is 0.932. The van der Waals surface area contributed by atoms with Crippen molar-refractivity contribution in [2.24, 2.45) is 5.92 Å². The molecule has 0 aromatic heterocycles. The first kappa shape index (κ1) is 19.5. The Balaban J connectivity index is 3.43. The molecule has 0 aliphatic carbocycles. The van der Waals surface area contributed by atoms with Gasteiger partial charge in [0.1, 0.15) is 0 Å². The molecule has 0 aromatic carbocycles. The van der Waals surface area contributed by atoms with E-state index in [9.17, 15) is 4.79 Å². The number of carbonyl (C=O) groups is 1. The summed E-state index contributed by atoms with van der Waals surface area (Å²) in [4.78, 5) is 11.8. The number of hydrogen-bond donors (Lipinski definition) is 1. The highest BCUT2D eigenvalue weighted by molar-refractivity contribution is 5.75. The van der Waals surface area contributed by atoms with Crippen LogP contribution in [-0.4, -0.2) is 12.5 Å². The van der Waals surface area contributed by atoms with Crippen LogP contribution in [0, 0.1) is 5.92 Å². The molecule has 0 heterocycles. The molecule has 0 saturated carbocycles. The molecule has 0 bridgehead atoms. The van der Waals surface area contributed by atoms with Crippen molar-refractivity contribution in [3.05, 3.63) is 0 Å². The molecule has 1 unspecified atom stereocenters. The van der Waals surface area contributed by atoms with Crippen molar-refractivity contribution in [2.75, 3.05) is 6.54 Å². The van der Waals surface area contributed by atoms with Gasteiger partial charge in [-0.3, -0.25) is 4.79 Å². The van der Waals surface area contributed by atoms with Gasteiger partial charge in [0.15, 0.2) is 0 Å². The van der Waals surface area contributed by atoms with Crippen molar-refractivity contribution >= 4 is 5.91 Å². The van der Waals surface area contributed by atoms with Crippen molar-refractivity contribution in [1.29, 1.82) is 0 Å². The second kappa shape index (κ2) is 14.9. The lowest BCUT2D eigenvalue weighted by Crippen LogP contribution is -2.28. The highest BCUT2D eigenvalue weighted by atomic mass is 16.1. The second-order valence-corrected chi connectivity index (χ2v) is 6.09. The lowest BCUT2D eigenvalue weighted by atomic mass is 9.99. The zero-order valence-electron chi connectivity index (χ0n) is 14.2. The molecule has 0 fully saturated rings. The zero-order chi connectivity index (χ0) is 15.1. The van der Waals surface area contributed by atoms with Gasteiger partial charge in [0.05, 0.1) is 0 Å². The minimum atomic E-state index is 0.258. The normalized spacial score (nSPS) is 12.3. The van der Waals surface area contributed by atoms with E-state index < -0.39 is 0 Å². The molecule has 1 amide bonds. The van der Waals surface area contributed by atoms with Crippen molar-refractivity contribution in [1.82, 2.24) is 5.32 Å². The topological polar surface area (TPSA) is 29.1 Å². The summed E-state index contributed by atoms with van der Waals surface area (Å²) >= 11 is 0. The van der Waals surface area contributed by atoms with Crippen molar-refractivity contribution in [2.45, 2.75) is 97.8 Å². The number of unbranched alkanes of at least 4 members (excludes halogenated alkanes) is 7. The predicted octanol–water partition coefficient (Wildman–Crippen LogP) is 5.46. The molecule has 0 aliphatic heterocycles. The molecule has 0 saturated heterocycles. The molecule has 20 heavy (non-hydrogen) atoms. The highest BCUT2D eigenvalue weighted by Crippen LogP contribution is 2.12. The van der Waals surface area contributed by atoms with Crippen LogP contribution in [0.5, 0.6) is 0 Å². The lowest BCUT2D eigenvalue weighted by molar-refractivity contribution is -0.121. The van der Waals surface area contributed by atoms with Crippen LogP contribution in [0.25, 0.3) is 0 Å². The molecular formula is C18H37NO. The summed E-state index contributed by atoms with van der Waals surface area (Å²) < 4.78 is 0. The van der Waals surface area contributed by atoms with Crippen molar-refractivity contribution in [3.8, 4) is 0 Å². The average molecular weight is 284 g/mol. The van der Waals surface area contributed by atoms with E-state index in [4.69, 9.17) is 0 Å². The van der Waals surface area contributed by atoms with E-state index >= 15 is 0 Å². The van der Waals surface area contributed by atoms with Crippen LogP contribution in [0.15, 0.2) is 0 Å². The summed E-state index contributed by atoms with van der Waals surface area (Å²) in [7, 11) is 0. The fourth-order valence-electron chi connectivity index (χ4n) is 2.53. The number of nitrogens with one attached hydrogen (secondary N) is 1.